The Kier molecular flexibility index (Phi) is 9.87. The van der Waals surface area contributed by atoms with Crippen LogP contribution < -0.4 is 10.4 Å². The van der Waals surface area contributed by atoms with Gasteiger partial charge in [-0.25, -0.2) is 0 Å². The van der Waals surface area contributed by atoms with Crippen LogP contribution in [0.4, 0.5) is 0 Å². The number of halogens is 1. The van der Waals surface area contributed by atoms with E-state index in [2.05, 4.69) is 0 Å². The molecule has 9 heavy (non-hydrogen) atoms. The third-order valence-electron chi connectivity index (χ3n) is 0.325. The van der Waals surface area contributed by atoms with E-state index in [9.17, 15) is 9.90 Å². The van der Waals surface area contributed by atoms with Crippen LogP contribution in [-0.4, -0.2) is 25.4 Å². The maximum Gasteiger partial charge on any atom is 0.0702 e. The molecule has 0 saturated carbocycles. The van der Waals surface area contributed by atoms with Crippen molar-refractivity contribution in [3.8, 4) is 0 Å². The maximum absolute atomic E-state index is 9.46. The molecule has 4 heteroatoms. The number of rotatable bonds is 1. The molecule has 1 unspecified atom stereocenters. The van der Waals surface area contributed by atoms with E-state index < -0.39 is 11.3 Å². The summed E-state index contributed by atoms with van der Waals surface area (Å²) in [6.07, 6.45) is 0. The molecule has 0 amide bonds. The number of nitrogens with two attached hydrogens (primary N) is 1. The molecule has 0 bridgehead atoms. The zero-order valence-corrected chi connectivity index (χ0v) is 6.61. The Labute approximate surface area is 60.0 Å². The normalized spacial score (nSPS) is 11.1. The molecule has 0 aliphatic rings. The Morgan fingerprint density at radius 1 is 1.67 bits per heavy atom. The Morgan fingerprint density at radius 3 is 1.78 bits per heavy atom. The Balaban J connectivity index is 0. The quantitative estimate of drug-likeness (QED) is 0.451. The summed E-state index contributed by atoms with van der Waals surface area (Å²) in [6.45, 7) is 1.34. The summed E-state index contributed by atoms with van der Waals surface area (Å²) in [5, 5.41) is 10.6. The summed E-state index contributed by atoms with van der Waals surface area (Å²) in [6, 6.07) is 0. The van der Waals surface area contributed by atoms with Crippen LogP contribution in [-0.2, 0) is 4.79 Å². The molecular formula is C5H12ClNO2. The first kappa shape index (κ1) is 11.5. The largest absolute Gasteiger partial charge is 0.549 e. The van der Waals surface area contributed by atoms with Crippen LogP contribution in [0.15, 0.2) is 0 Å². The minimum atomic E-state index is -1.23. The van der Waals surface area contributed by atoms with Crippen LogP contribution in [0.3, 0.4) is 0 Å². The predicted octanol–water partition coefficient (Wildman–Crippen LogP) is -1.83. The van der Waals surface area contributed by atoms with E-state index in [1.165, 1.54) is 6.92 Å². The summed E-state index contributed by atoms with van der Waals surface area (Å²) >= 11 is 4.95. The molecule has 0 heterocycles. The number of carbonyl (C=O) groups excluding carboxylic acids is 1. The lowest BCUT2D eigenvalue weighted by Crippen LogP contribution is -2.74. The SMILES string of the molecule is CC(Cl)C(=O)[O-].C[NH2+]C. The van der Waals surface area contributed by atoms with Crippen LogP contribution in [0.2, 0.25) is 0 Å². The highest BCUT2D eigenvalue weighted by molar-refractivity contribution is 6.28. The van der Waals surface area contributed by atoms with E-state index >= 15 is 0 Å². The second-order valence-corrected chi connectivity index (χ2v) is 2.17. The molecule has 0 spiro atoms. The molecule has 0 aromatic rings. The van der Waals surface area contributed by atoms with E-state index in [4.69, 9.17) is 11.6 Å². The topological polar surface area (TPSA) is 56.7 Å². The third kappa shape index (κ3) is 18.3. The van der Waals surface area contributed by atoms with Crippen molar-refractivity contribution in [2.75, 3.05) is 14.1 Å². The highest BCUT2D eigenvalue weighted by Gasteiger charge is 1.90. The molecule has 0 aromatic heterocycles. The van der Waals surface area contributed by atoms with Crippen molar-refractivity contribution in [1.82, 2.24) is 0 Å². The number of carboxylic acid groups (broad SMARTS) is 1. The number of carbonyl (C=O) groups is 1. The fraction of sp³-hybridized carbons (Fsp3) is 0.800. The number of aliphatic carboxylic acids is 1. The second kappa shape index (κ2) is 7.72. The zero-order valence-electron chi connectivity index (χ0n) is 5.85. The van der Waals surface area contributed by atoms with Crippen molar-refractivity contribution in [2.24, 2.45) is 0 Å². The number of quaternary nitrogens is 1. The van der Waals surface area contributed by atoms with E-state index in [0.29, 0.717) is 0 Å². The van der Waals surface area contributed by atoms with Crippen LogP contribution in [0.1, 0.15) is 6.92 Å². The van der Waals surface area contributed by atoms with Gasteiger partial charge in [-0.3, -0.25) is 0 Å². The van der Waals surface area contributed by atoms with Gasteiger partial charge in [0.1, 0.15) is 0 Å². The molecule has 3 nitrogen and oxygen atoms in total. The molecule has 56 valence electrons. The average molecular weight is 154 g/mol. The van der Waals surface area contributed by atoms with Crippen LogP contribution in [0.5, 0.6) is 0 Å². The number of alkyl halides is 1. The summed E-state index contributed by atoms with van der Waals surface area (Å²) in [4.78, 5) is 9.46. The molecule has 0 radical (unpaired) electrons. The van der Waals surface area contributed by atoms with Gasteiger partial charge in [-0.2, -0.15) is 0 Å². The van der Waals surface area contributed by atoms with Gasteiger partial charge in [-0.15, -0.1) is 11.6 Å². The Bertz CT molecular complexity index is 75.4. The molecule has 2 N–H and O–H groups in total. The minimum Gasteiger partial charge on any atom is -0.549 e. The summed E-state index contributed by atoms with van der Waals surface area (Å²) in [5.74, 6) is -1.23. The highest BCUT2D eigenvalue weighted by atomic mass is 35.5. The first-order valence-electron chi connectivity index (χ1n) is 2.65. The van der Waals surface area contributed by atoms with Gasteiger partial charge in [-0.05, 0) is 6.92 Å². The van der Waals surface area contributed by atoms with Crippen molar-refractivity contribution in [3.05, 3.63) is 0 Å². The van der Waals surface area contributed by atoms with Gasteiger partial charge in [0.05, 0.1) is 25.4 Å². The average Bonchev–Trinajstić information content (AvgIpc) is 1.68. The van der Waals surface area contributed by atoms with Crippen molar-refractivity contribution in [1.29, 1.82) is 0 Å². The molecule has 0 aliphatic carbocycles. The molecule has 0 fully saturated rings. The maximum atomic E-state index is 9.46. The highest BCUT2D eigenvalue weighted by Crippen LogP contribution is 1.86. The number of carboxylic acids is 1. The lowest BCUT2D eigenvalue weighted by atomic mass is 10.5. The first-order valence-corrected chi connectivity index (χ1v) is 3.08. The van der Waals surface area contributed by atoms with Crippen LogP contribution >= 0.6 is 11.6 Å². The molecule has 1 atom stereocenters. The predicted molar refractivity (Wildman–Crippen MR) is 34.1 cm³/mol. The van der Waals surface area contributed by atoms with E-state index in [1.54, 1.807) is 0 Å². The van der Waals surface area contributed by atoms with Gasteiger partial charge in [-0.1, -0.05) is 0 Å². The Morgan fingerprint density at radius 2 is 1.78 bits per heavy atom. The van der Waals surface area contributed by atoms with Gasteiger partial charge < -0.3 is 15.2 Å². The summed E-state index contributed by atoms with van der Waals surface area (Å²) in [7, 11) is 4.00. The molecular weight excluding hydrogens is 142 g/mol. The summed E-state index contributed by atoms with van der Waals surface area (Å²) in [5.41, 5.74) is 0. The van der Waals surface area contributed by atoms with E-state index in [-0.39, 0.29) is 0 Å². The van der Waals surface area contributed by atoms with Gasteiger partial charge in [0, 0.05) is 0 Å². The fourth-order valence-electron chi connectivity index (χ4n) is 0. The third-order valence-corrected chi connectivity index (χ3v) is 0.503. The van der Waals surface area contributed by atoms with Gasteiger partial charge in [0.2, 0.25) is 0 Å². The zero-order chi connectivity index (χ0) is 7.86. The van der Waals surface area contributed by atoms with Crippen molar-refractivity contribution in [3.63, 3.8) is 0 Å². The molecule has 0 aliphatic heterocycles. The van der Waals surface area contributed by atoms with Crippen molar-refractivity contribution < 1.29 is 15.2 Å². The first-order chi connectivity index (χ1) is 4.06. The number of hydrogen-bond donors (Lipinski definition) is 1. The monoisotopic (exact) mass is 153 g/mol. The van der Waals surface area contributed by atoms with Gasteiger partial charge in [0.25, 0.3) is 0 Å². The molecule has 0 rings (SSSR count). The standard InChI is InChI=1S/C3H5ClO2.C2H7N/c1-2(4)3(5)6;1-3-2/h2H,1H3,(H,5,6);3H,1-2H3. The lowest BCUT2D eigenvalue weighted by molar-refractivity contribution is -0.597. The van der Waals surface area contributed by atoms with E-state index in [1.807, 2.05) is 19.4 Å². The minimum absolute atomic E-state index is 0.870. The number of hydrogen-bond acceptors (Lipinski definition) is 2. The van der Waals surface area contributed by atoms with Crippen molar-refractivity contribution >= 4 is 17.6 Å². The van der Waals surface area contributed by atoms with Gasteiger partial charge >= 0.3 is 0 Å². The second-order valence-electron chi connectivity index (χ2n) is 1.51. The molecule has 0 aromatic carbocycles. The summed E-state index contributed by atoms with van der Waals surface area (Å²) < 4.78 is 0. The van der Waals surface area contributed by atoms with Crippen LogP contribution in [0.25, 0.3) is 0 Å². The smallest absolute Gasteiger partial charge is 0.0702 e. The van der Waals surface area contributed by atoms with Gasteiger partial charge in [0.15, 0.2) is 0 Å². The fourth-order valence-corrected chi connectivity index (χ4v) is 0. The molecule has 0 saturated heterocycles. The lowest BCUT2D eigenvalue weighted by Gasteiger charge is -1.98. The van der Waals surface area contributed by atoms with E-state index in [0.717, 1.165) is 0 Å². The Hall–Kier alpha value is -0.280. The van der Waals surface area contributed by atoms with Crippen molar-refractivity contribution in [2.45, 2.75) is 12.3 Å². The van der Waals surface area contributed by atoms with Crippen LogP contribution in [0, 0.1) is 0 Å².